The van der Waals surface area contributed by atoms with Crippen LogP contribution >= 0.6 is 0 Å². The van der Waals surface area contributed by atoms with Gasteiger partial charge in [0.1, 0.15) is 0 Å². The van der Waals surface area contributed by atoms with Gasteiger partial charge >= 0.3 is 0 Å². The standard InChI is InChI=1S/C28H46O3/c1-19(9-6-7-15-27(3,4)31)24-13-14-25-21(10-8-16-28(24,25)5)11-12-22-17-23(29)18-26(30)20(22)2/h11-12,19,23-26,29-31H,2,6-10,13-18H2,1,3-5H3/t19-,23-,24-,25+,26+,28-/m1/s1. The Balaban J connectivity index is 1.66. The highest BCUT2D eigenvalue weighted by Crippen LogP contribution is 2.60. The van der Waals surface area contributed by atoms with Crippen molar-refractivity contribution in [1.29, 1.82) is 0 Å². The summed E-state index contributed by atoms with van der Waals surface area (Å²) >= 11 is 0. The lowest BCUT2D eigenvalue weighted by Crippen LogP contribution is -2.36. The van der Waals surface area contributed by atoms with Crippen molar-refractivity contribution in [1.82, 2.24) is 0 Å². The zero-order valence-electron chi connectivity index (χ0n) is 20.4. The first-order valence-corrected chi connectivity index (χ1v) is 12.7. The third-order valence-corrected chi connectivity index (χ3v) is 8.69. The van der Waals surface area contributed by atoms with Crippen molar-refractivity contribution in [3.63, 3.8) is 0 Å². The number of unbranched alkanes of at least 4 members (excludes halogenated alkanes) is 1. The van der Waals surface area contributed by atoms with Gasteiger partial charge in [-0.05, 0) is 93.1 Å². The lowest BCUT2D eigenvalue weighted by molar-refractivity contribution is 0.0650. The third-order valence-electron chi connectivity index (χ3n) is 8.69. The fourth-order valence-corrected chi connectivity index (χ4v) is 6.90. The second kappa shape index (κ2) is 9.93. The lowest BCUT2D eigenvalue weighted by atomic mass is 9.60. The molecular formula is C28H46O3. The molecule has 3 saturated carbocycles. The largest absolute Gasteiger partial charge is 0.393 e. The molecule has 0 bridgehead atoms. The van der Waals surface area contributed by atoms with Gasteiger partial charge in [-0.3, -0.25) is 0 Å². The average Bonchev–Trinajstić information content (AvgIpc) is 3.03. The average molecular weight is 431 g/mol. The Morgan fingerprint density at radius 2 is 1.94 bits per heavy atom. The lowest BCUT2D eigenvalue weighted by Gasteiger charge is -2.44. The Morgan fingerprint density at radius 1 is 1.19 bits per heavy atom. The molecule has 3 heteroatoms. The van der Waals surface area contributed by atoms with E-state index < -0.39 is 17.8 Å². The van der Waals surface area contributed by atoms with Crippen LogP contribution in [0, 0.1) is 23.2 Å². The van der Waals surface area contributed by atoms with Crippen LogP contribution in [-0.2, 0) is 0 Å². The van der Waals surface area contributed by atoms with Gasteiger partial charge in [0.25, 0.3) is 0 Å². The summed E-state index contributed by atoms with van der Waals surface area (Å²) in [6, 6.07) is 0. The van der Waals surface area contributed by atoms with E-state index in [0.717, 1.165) is 35.8 Å². The van der Waals surface area contributed by atoms with Crippen LogP contribution < -0.4 is 0 Å². The second-order valence-corrected chi connectivity index (χ2v) is 11.7. The van der Waals surface area contributed by atoms with E-state index in [2.05, 4.69) is 32.6 Å². The van der Waals surface area contributed by atoms with Crippen molar-refractivity contribution in [2.45, 2.75) is 116 Å². The summed E-state index contributed by atoms with van der Waals surface area (Å²) in [4.78, 5) is 0. The van der Waals surface area contributed by atoms with Gasteiger partial charge in [-0.25, -0.2) is 0 Å². The summed E-state index contributed by atoms with van der Waals surface area (Å²) in [5.41, 5.74) is 3.22. The molecule has 0 heterocycles. The molecule has 3 aliphatic carbocycles. The fraction of sp³-hybridized carbons (Fsp3) is 0.786. The number of rotatable bonds is 7. The molecule has 0 amide bonds. The van der Waals surface area contributed by atoms with Gasteiger partial charge in [0.2, 0.25) is 0 Å². The number of aliphatic hydroxyl groups is 3. The maximum absolute atomic E-state index is 10.1. The number of hydrogen-bond donors (Lipinski definition) is 3. The number of aliphatic hydroxyl groups excluding tert-OH is 2. The van der Waals surface area contributed by atoms with E-state index in [9.17, 15) is 15.3 Å². The Bertz CT molecular complexity index is 698. The summed E-state index contributed by atoms with van der Waals surface area (Å²) in [5, 5.41) is 30.2. The van der Waals surface area contributed by atoms with E-state index in [1.165, 1.54) is 44.9 Å². The van der Waals surface area contributed by atoms with E-state index in [1.807, 2.05) is 13.8 Å². The van der Waals surface area contributed by atoms with Crippen molar-refractivity contribution in [2.24, 2.45) is 23.2 Å². The summed E-state index contributed by atoms with van der Waals surface area (Å²) in [5.74, 6) is 2.18. The van der Waals surface area contributed by atoms with E-state index in [4.69, 9.17) is 0 Å². The predicted molar refractivity (Wildman–Crippen MR) is 129 cm³/mol. The molecule has 3 N–H and O–H groups in total. The van der Waals surface area contributed by atoms with Crippen molar-refractivity contribution in [2.75, 3.05) is 0 Å². The summed E-state index contributed by atoms with van der Waals surface area (Å²) in [6.07, 6.45) is 15.2. The quantitative estimate of drug-likeness (QED) is 0.428. The second-order valence-electron chi connectivity index (χ2n) is 11.7. The Kier molecular flexibility index (Phi) is 7.92. The zero-order chi connectivity index (χ0) is 22.8. The van der Waals surface area contributed by atoms with Gasteiger partial charge in [0.05, 0.1) is 17.8 Å². The van der Waals surface area contributed by atoms with Crippen molar-refractivity contribution in [3.8, 4) is 0 Å². The molecule has 0 aromatic heterocycles. The minimum atomic E-state index is -0.613. The molecule has 0 aromatic rings. The molecule has 6 atom stereocenters. The summed E-state index contributed by atoms with van der Waals surface area (Å²) in [7, 11) is 0. The molecule has 3 fully saturated rings. The van der Waals surface area contributed by atoms with E-state index >= 15 is 0 Å². The predicted octanol–water partition coefficient (Wildman–Crippen LogP) is 6.09. The number of allylic oxidation sites excluding steroid dienone is 3. The van der Waals surface area contributed by atoms with Gasteiger partial charge in [-0.15, -0.1) is 0 Å². The molecule has 0 saturated heterocycles. The molecule has 31 heavy (non-hydrogen) atoms. The minimum Gasteiger partial charge on any atom is -0.393 e. The first kappa shape index (κ1) is 24.7. The summed E-state index contributed by atoms with van der Waals surface area (Å²) in [6.45, 7) is 12.9. The van der Waals surface area contributed by atoms with Gasteiger partial charge in [-0.2, -0.15) is 0 Å². The van der Waals surface area contributed by atoms with Crippen LogP contribution in [0.15, 0.2) is 35.5 Å². The Hall–Kier alpha value is -0.900. The number of hydrogen-bond acceptors (Lipinski definition) is 3. The fourth-order valence-electron chi connectivity index (χ4n) is 6.90. The van der Waals surface area contributed by atoms with Gasteiger partial charge < -0.3 is 15.3 Å². The van der Waals surface area contributed by atoms with Crippen LogP contribution in [0.4, 0.5) is 0 Å². The van der Waals surface area contributed by atoms with Crippen LogP contribution in [0.1, 0.15) is 98.3 Å². The van der Waals surface area contributed by atoms with Gasteiger partial charge in [0.15, 0.2) is 0 Å². The van der Waals surface area contributed by atoms with Crippen LogP contribution in [0.5, 0.6) is 0 Å². The summed E-state index contributed by atoms with van der Waals surface area (Å²) < 4.78 is 0. The molecule has 0 unspecified atom stereocenters. The van der Waals surface area contributed by atoms with Gasteiger partial charge in [0, 0.05) is 6.42 Å². The molecule has 3 rings (SSSR count). The van der Waals surface area contributed by atoms with Crippen molar-refractivity contribution < 1.29 is 15.3 Å². The third kappa shape index (κ3) is 5.92. The minimum absolute atomic E-state index is 0.390. The highest BCUT2D eigenvalue weighted by Gasteiger charge is 2.50. The topological polar surface area (TPSA) is 60.7 Å². The molecule has 0 aliphatic heterocycles. The highest BCUT2D eigenvalue weighted by molar-refractivity contribution is 5.38. The zero-order valence-corrected chi connectivity index (χ0v) is 20.4. The highest BCUT2D eigenvalue weighted by atomic mass is 16.3. The molecule has 0 aromatic carbocycles. The molecule has 0 radical (unpaired) electrons. The van der Waals surface area contributed by atoms with Crippen LogP contribution in [-0.4, -0.2) is 33.1 Å². The van der Waals surface area contributed by atoms with Crippen LogP contribution in [0.3, 0.4) is 0 Å². The van der Waals surface area contributed by atoms with Crippen LogP contribution in [0.2, 0.25) is 0 Å². The first-order valence-electron chi connectivity index (χ1n) is 12.7. The molecular weight excluding hydrogens is 384 g/mol. The Morgan fingerprint density at radius 3 is 2.65 bits per heavy atom. The van der Waals surface area contributed by atoms with E-state index in [0.29, 0.717) is 24.2 Å². The maximum Gasteiger partial charge on any atom is 0.0811 e. The molecule has 0 spiro atoms. The number of fused-ring (bicyclic) bond motifs is 1. The van der Waals surface area contributed by atoms with Crippen molar-refractivity contribution >= 4 is 0 Å². The van der Waals surface area contributed by atoms with E-state index in [1.54, 1.807) is 5.57 Å². The molecule has 3 aliphatic rings. The normalized spacial score (nSPS) is 38.0. The maximum atomic E-state index is 10.1. The van der Waals surface area contributed by atoms with Crippen molar-refractivity contribution in [3.05, 3.63) is 35.5 Å². The SMILES string of the molecule is C=C1C(=CC=C2CCC[C@]3(C)[C@@H]([C@H](C)CCCCC(C)(C)O)CC[C@@H]23)C[C@@H](O)C[C@@H]1O. The van der Waals surface area contributed by atoms with E-state index in [-0.39, 0.29) is 0 Å². The smallest absolute Gasteiger partial charge is 0.0811 e. The monoisotopic (exact) mass is 430 g/mol. The van der Waals surface area contributed by atoms with Gasteiger partial charge in [-0.1, -0.05) is 57.4 Å². The first-order chi connectivity index (χ1) is 14.5. The van der Waals surface area contributed by atoms with Crippen LogP contribution in [0.25, 0.3) is 0 Å². The Labute approximate surface area is 190 Å². The molecule has 176 valence electrons. The molecule has 3 nitrogen and oxygen atoms in total.